The first-order valence-corrected chi connectivity index (χ1v) is 5.98. The molecule has 4 radical (unpaired) electrons. The topological polar surface area (TPSA) is 0 Å². The standard InChI is InChI=1S/C17H12.4Re.2Rf/c1-3-7-15-13(5-1)9-11-17(15)12-10-14-6-2-4-8-16(14)17;;;;;;/h1-12H;;;;;;/q-4;;;;;;. The van der Waals surface area contributed by atoms with Crippen molar-refractivity contribution in [3.05, 3.63) is 96.5 Å². The summed E-state index contributed by atoms with van der Waals surface area (Å²) >= 11 is 0. The van der Waals surface area contributed by atoms with Crippen molar-refractivity contribution in [2.24, 2.45) is 0 Å². The molecule has 0 amide bonds. The minimum Gasteiger partial charge on any atom is -0.405 e. The van der Waals surface area contributed by atoms with E-state index in [2.05, 4.69) is 74.2 Å². The summed E-state index contributed by atoms with van der Waals surface area (Å²) in [5.41, 5.74) is 5.48. The van der Waals surface area contributed by atoms with Crippen molar-refractivity contribution in [1.82, 2.24) is 0 Å². The molecule has 0 atom stereocenters. The summed E-state index contributed by atoms with van der Waals surface area (Å²) in [6.45, 7) is 0. The van der Waals surface area contributed by atoms with Crippen LogP contribution in [0.3, 0.4) is 0 Å². The van der Waals surface area contributed by atoms with Crippen LogP contribution in [-0.2, 0) is 87.1 Å². The van der Waals surface area contributed by atoms with Gasteiger partial charge in [-0.25, -0.2) is 22.3 Å². The Hall–Kier alpha value is -1.17. The summed E-state index contributed by atoms with van der Waals surface area (Å²) in [5, 5.41) is 0. The average Bonchev–Trinajstić information content (AvgIpc) is 2.95. The molecule has 23 heavy (non-hydrogen) atoms. The minimum absolute atomic E-state index is 0. The van der Waals surface area contributed by atoms with Gasteiger partial charge in [0.05, 0.1) is 0 Å². The second-order valence-electron chi connectivity index (χ2n) is 4.71. The van der Waals surface area contributed by atoms with E-state index in [1.807, 2.05) is 0 Å². The summed E-state index contributed by atoms with van der Waals surface area (Å²) in [4.78, 5) is 0. The van der Waals surface area contributed by atoms with E-state index in [1.165, 1.54) is 22.3 Å². The predicted octanol–water partition coefficient (Wildman–Crippen LogP) is 3.50. The smallest absolute Gasteiger partial charge is 0 e. The third kappa shape index (κ3) is 3.67. The van der Waals surface area contributed by atoms with Crippen LogP contribution in [0.15, 0.2) is 48.5 Å². The third-order valence-corrected chi connectivity index (χ3v) is 3.86. The zero-order chi connectivity index (χ0) is 11.3. The van der Waals surface area contributed by atoms with Crippen molar-refractivity contribution in [2.75, 3.05) is 0 Å². The summed E-state index contributed by atoms with van der Waals surface area (Å²) in [5.74, 6) is 0. The molecule has 2 aliphatic rings. The zero-order valence-electron chi connectivity index (χ0n) is 12.4. The van der Waals surface area contributed by atoms with Gasteiger partial charge in [-0.1, -0.05) is 12.1 Å². The van der Waals surface area contributed by atoms with Gasteiger partial charge < -0.3 is 31.1 Å². The Morgan fingerprint density at radius 3 is 1.30 bits per heavy atom. The molecule has 0 aliphatic heterocycles. The molecule has 116 valence electrons. The van der Waals surface area contributed by atoms with E-state index < -0.39 is 0 Å². The van der Waals surface area contributed by atoms with E-state index in [-0.39, 0.29) is 87.1 Å². The van der Waals surface area contributed by atoms with Gasteiger partial charge in [-0.15, -0.1) is 24.3 Å². The molecule has 0 aromatic heterocycles. The van der Waals surface area contributed by atoms with Crippen LogP contribution in [0.2, 0.25) is 0 Å². The molecule has 0 saturated carbocycles. The molecule has 6 heteroatoms. The van der Waals surface area contributed by atoms with Gasteiger partial charge in [0, 0.05) is 81.7 Å². The molecule has 2 aromatic carbocycles. The molecule has 0 N–H and O–H groups in total. The van der Waals surface area contributed by atoms with Crippen LogP contribution in [-0.4, -0.2) is 0 Å². The van der Waals surface area contributed by atoms with Crippen LogP contribution in [0.5, 0.6) is 0 Å². The fourth-order valence-corrected chi connectivity index (χ4v) is 3.04. The Kier molecular flexibility index (Phi) is 11.4. The SMILES string of the molecule is [Re].[Re].[Re].[Re].[Rf].[Rf].c1ccc2c(c1)[CH-][CH-]C21[CH-][CH-]c2ccccc21. The first-order valence-electron chi connectivity index (χ1n) is 5.98. The second-order valence-corrected chi connectivity index (χ2v) is 4.71. The van der Waals surface area contributed by atoms with Crippen molar-refractivity contribution in [2.45, 2.75) is 5.41 Å². The molecule has 2 aliphatic carbocycles. The van der Waals surface area contributed by atoms with Gasteiger partial charge in [-0.3, -0.25) is 0 Å². The van der Waals surface area contributed by atoms with Gasteiger partial charge >= 0.3 is 0 Å². The van der Waals surface area contributed by atoms with Crippen LogP contribution in [0, 0.1) is 25.7 Å². The maximum atomic E-state index is 2.32. The molecular weight excluding hydrogens is 1480 g/mol. The largest absolute Gasteiger partial charge is 0.405 e. The zero-order valence-corrected chi connectivity index (χ0v) is 36.0. The minimum atomic E-state index is -0.00676. The number of hydrogen-bond acceptors (Lipinski definition) is 0. The molecule has 4 rings (SSSR count). The maximum Gasteiger partial charge on any atom is 0 e. The summed E-state index contributed by atoms with van der Waals surface area (Å²) in [6, 6.07) is 17.3. The number of fused-ring (bicyclic) bond motifs is 4. The fourth-order valence-electron chi connectivity index (χ4n) is 3.04. The van der Waals surface area contributed by atoms with Crippen LogP contribution in [0.4, 0.5) is 0 Å². The second kappa shape index (κ2) is 9.85. The number of benzene rings is 2. The van der Waals surface area contributed by atoms with Crippen molar-refractivity contribution in [3.63, 3.8) is 0 Å². The molecule has 0 nitrogen and oxygen atoms in total. The molecule has 0 heterocycles. The monoisotopic (exact) mass is 1500 g/mol. The van der Waals surface area contributed by atoms with Gasteiger partial charge in [-0.2, -0.15) is 12.1 Å². The van der Waals surface area contributed by atoms with Crippen LogP contribution < -0.4 is 0 Å². The van der Waals surface area contributed by atoms with Crippen LogP contribution in [0.25, 0.3) is 0 Å². The van der Waals surface area contributed by atoms with Gasteiger partial charge in [-0.05, 0) is 0 Å². The Labute approximate surface area is 181 Å². The Bertz CT molecular complexity index is 551. The van der Waals surface area contributed by atoms with Gasteiger partial charge in [0.2, 0.25) is 0 Å². The van der Waals surface area contributed by atoms with E-state index >= 15 is 0 Å². The average molecular weight is 1500 g/mol. The maximum absolute atomic E-state index is 2.32. The third-order valence-electron chi connectivity index (χ3n) is 3.86. The predicted molar refractivity (Wildman–Crippen MR) is 69.1 cm³/mol. The van der Waals surface area contributed by atoms with Crippen molar-refractivity contribution in [3.8, 4) is 0 Å². The molecule has 0 saturated heterocycles. The van der Waals surface area contributed by atoms with Crippen molar-refractivity contribution in [1.29, 1.82) is 0 Å². The van der Waals surface area contributed by atoms with Crippen molar-refractivity contribution >= 4 is 0 Å². The first-order chi connectivity index (χ1) is 8.40. The van der Waals surface area contributed by atoms with Crippen LogP contribution in [0.1, 0.15) is 22.3 Å². The van der Waals surface area contributed by atoms with Gasteiger partial charge in [0.25, 0.3) is 0 Å². The molecule has 0 fully saturated rings. The van der Waals surface area contributed by atoms with E-state index in [9.17, 15) is 0 Å². The van der Waals surface area contributed by atoms with E-state index in [0.717, 1.165) is 0 Å². The molecule has 1 spiro atoms. The van der Waals surface area contributed by atoms with Gasteiger partial charge in [0.15, 0.2) is 0 Å². The van der Waals surface area contributed by atoms with Gasteiger partial charge in [0.1, 0.15) is 0 Å². The summed E-state index contributed by atoms with van der Waals surface area (Å²) in [7, 11) is 0. The summed E-state index contributed by atoms with van der Waals surface area (Å²) in [6.07, 6.45) is 9.11. The van der Waals surface area contributed by atoms with E-state index in [0.29, 0.717) is 0 Å². The normalized spacial score (nSPS) is 13.6. The van der Waals surface area contributed by atoms with E-state index in [4.69, 9.17) is 0 Å². The summed E-state index contributed by atoms with van der Waals surface area (Å²) < 4.78 is 0. The Balaban J connectivity index is -0.000000667. The number of rotatable bonds is 0. The molecule has 0 bridgehead atoms. The number of hydrogen-bond donors (Lipinski definition) is 0. The Morgan fingerprint density at radius 2 is 0.913 bits per heavy atom. The first kappa shape index (κ1) is 26.7. The van der Waals surface area contributed by atoms with Crippen LogP contribution >= 0.6 is 0 Å². The molecular formula is C17H12Re4Rf2-4. The molecule has 2 aromatic rings. The molecule has 0 unspecified atom stereocenters. The quantitative estimate of drug-likeness (QED) is 0.355. The fraction of sp³-hybridized carbons (Fsp3) is 0.0588. The Morgan fingerprint density at radius 1 is 0.565 bits per heavy atom. The van der Waals surface area contributed by atoms with Crippen molar-refractivity contribution < 1.29 is 81.7 Å². The van der Waals surface area contributed by atoms with E-state index in [1.54, 1.807) is 0 Å².